The van der Waals surface area contributed by atoms with Crippen molar-refractivity contribution < 1.29 is 14.7 Å². The van der Waals surface area contributed by atoms with Crippen LogP contribution in [0.2, 0.25) is 5.02 Å². The molecule has 2 aliphatic heterocycles. The van der Waals surface area contributed by atoms with Crippen molar-refractivity contribution in [2.75, 3.05) is 26.7 Å². The molecule has 2 N–H and O–H groups in total. The minimum absolute atomic E-state index is 0.00632. The van der Waals surface area contributed by atoms with E-state index in [0.717, 1.165) is 19.4 Å². The predicted octanol–water partition coefficient (Wildman–Crippen LogP) is 1.07. The monoisotopic (exact) mass is 326 g/mol. The van der Waals surface area contributed by atoms with Gasteiger partial charge in [0.25, 0.3) is 5.91 Å². The van der Waals surface area contributed by atoms with Crippen molar-refractivity contribution >= 4 is 23.5 Å². The molecule has 0 saturated carbocycles. The van der Waals surface area contributed by atoms with Crippen LogP contribution in [0.25, 0.3) is 0 Å². The number of likely N-dealkylation sites (N-methyl/N-ethyl adjacent to an activating group) is 1. The minimum Gasteiger partial charge on any atom is -0.480 e. The number of aromatic amines is 1. The molecule has 3 heterocycles. The maximum absolute atomic E-state index is 12.4. The van der Waals surface area contributed by atoms with Crippen molar-refractivity contribution in [3.05, 3.63) is 16.9 Å². The van der Waals surface area contributed by atoms with Gasteiger partial charge in [0.2, 0.25) is 0 Å². The van der Waals surface area contributed by atoms with Gasteiger partial charge in [-0.2, -0.15) is 5.10 Å². The number of carboxylic acids is 1. The van der Waals surface area contributed by atoms with Crippen LogP contribution in [-0.2, 0) is 4.79 Å². The predicted molar refractivity (Wildman–Crippen MR) is 79.8 cm³/mol. The first-order valence-corrected chi connectivity index (χ1v) is 7.71. The number of likely N-dealkylation sites (tertiary alicyclic amines) is 2. The van der Waals surface area contributed by atoms with E-state index in [2.05, 4.69) is 10.2 Å². The van der Waals surface area contributed by atoms with Crippen LogP contribution in [0.1, 0.15) is 29.8 Å². The summed E-state index contributed by atoms with van der Waals surface area (Å²) in [6, 6.07) is -0.413. The molecule has 2 saturated heterocycles. The zero-order valence-electron chi connectivity index (χ0n) is 12.4. The van der Waals surface area contributed by atoms with E-state index in [1.165, 1.54) is 6.20 Å². The number of hydrogen-bond acceptors (Lipinski definition) is 4. The largest absolute Gasteiger partial charge is 0.480 e. The summed E-state index contributed by atoms with van der Waals surface area (Å²) in [6.07, 6.45) is 3.71. The first kappa shape index (κ1) is 15.3. The number of nitrogens with zero attached hydrogens (tertiary/aromatic N) is 3. The van der Waals surface area contributed by atoms with Gasteiger partial charge >= 0.3 is 5.97 Å². The van der Waals surface area contributed by atoms with Gasteiger partial charge in [-0.05, 0) is 31.7 Å². The van der Waals surface area contributed by atoms with Crippen molar-refractivity contribution in [1.29, 1.82) is 0 Å². The van der Waals surface area contributed by atoms with E-state index in [1.807, 2.05) is 11.9 Å². The van der Waals surface area contributed by atoms with E-state index < -0.39 is 12.0 Å². The number of carbonyl (C=O) groups is 2. The van der Waals surface area contributed by atoms with Crippen LogP contribution in [0.15, 0.2) is 6.20 Å². The molecule has 7 nitrogen and oxygen atoms in total. The summed E-state index contributed by atoms with van der Waals surface area (Å²) in [4.78, 5) is 27.3. The highest BCUT2D eigenvalue weighted by Gasteiger charge is 2.47. The van der Waals surface area contributed by atoms with Gasteiger partial charge in [-0.25, -0.2) is 0 Å². The third kappa shape index (κ3) is 2.59. The summed E-state index contributed by atoms with van der Waals surface area (Å²) < 4.78 is 0. The fourth-order valence-corrected chi connectivity index (χ4v) is 3.84. The number of aliphatic carboxylic acids is 1. The van der Waals surface area contributed by atoms with Gasteiger partial charge in [0.15, 0.2) is 0 Å². The zero-order chi connectivity index (χ0) is 15.9. The first-order chi connectivity index (χ1) is 10.4. The second kappa shape index (κ2) is 5.55. The molecule has 120 valence electrons. The number of nitrogens with one attached hydrogen (secondary N) is 1. The Morgan fingerprint density at radius 2 is 2.14 bits per heavy atom. The number of hydrogen-bond donors (Lipinski definition) is 2. The minimum atomic E-state index is -0.762. The molecule has 0 unspecified atom stereocenters. The standard InChI is InChI=1S/C14H19ClN4O3/c1-18-8-14(6-10(18)13(21)22)2-4-19(5-3-14)12(20)11-9(15)7-16-17-11/h7,10H,2-6,8H2,1H3,(H,16,17)(H,21,22)/t10-/m1/s1. The van der Waals surface area contributed by atoms with Gasteiger partial charge in [-0.15, -0.1) is 0 Å². The molecule has 8 heteroatoms. The molecule has 1 atom stereocenters. The Bertz CT molecular complexity index is 595. The molecule has 1 aromatic heterocycles. The number of aromatic nitrogens is 2. The highest BCUT2D eigenvalue weighted by molar-refractivity contribution is 6.33. The lowest BCUT2D eigenvalue weighted by atomic mass is 9.76. The van der Waals surface area contributed by atoms with Gasteiger partial charge in [0.05, 0.1) is 11.2 Å². The van der Waals surface area contributed by atoms with E-state index in [9.17, 15) is 14.7 Å². The van der Waals surface area contributed by atoms with E-state index >= 15 is 0 Å². The fourth-order valence-electron chi connectivity index (χ4n) is 3.67. The summed E-state index contributed by atoms with van der Waals surface area (Å²) in [5.74, 6) is -0.902. The first-order valence-electron chi connectivity index (χ1n) is 7.33. The lowest BCUT2D eigenvalue weighted by molar-refractivity contribution is -0.141. The summed E-state index contributed by atoms with van der Waals surface area (Å²) >= 11 is 5.93. The highest BCUT2D eigenvalue weighted by Crippen LogP contribution is 2.43. The molecule has 0 bridgehead atoms. The van der Waals surface area contributed by atoms with Crippen LogP contribution >= 0.6 is 11.6 Å². The van der Waals surface area contributed by atoms with Crippen LogP contribution in [0, 0.1) is 5.41 Å². The average molecular weight is 327 g/mol. The molecule has 1 spiro atoms. The Labute approximate surface area is 133 Å². The average Bonchev–Trinajstić information content (AvgIpc) is 3.03. The quantitative estimate of drug-likeness (QED) is 0.848. The van der Waals surface area contributed by atoms with Crippen LogP contribution in [-0.4, -0.2) is 69.7 Å². The van der Waals surface area contributed by atoms with Crippen LogP contribution < -0.4 is 0 Å². The topological polar surface area (TPSA) is 89.5 Å². The molecular weight excluding hydrogens is 308 g/mol. The lowest BCUT2D eigenvalue weighted by Gasteiger charge is -2.39. The van der Waals surface area contributed by atoms with Gasteiger partial charge in [-0.1, -0.05) is 11.6 Å². The normalized spacial score (nSPS) is 24.8. The van der Waals surface area contributed by atoms with Crippen LogP contribution in [0.3, 0.4) is 0 Å². The van der Waals surface area contributed by atoms with E-state index in [-0.39, 0.29) is 11.3 Å². The second-order valence-corrected chi connectivity index (χ2v) is 6.77. The molecule has 2 aliphatic rings. The molecular formula is C14H19ClN4O3. The second-order valence-electron chi connectivity index (χ2n) is 6.36. The maximum atomic E-state index is 12.4. The molecule has 0 aromatic carbocycles. The van der Waals surface area contributed by atoms with Crippen molar-refractivity contribution in [3.63, 3.8) is 0 Å². The van der Waals surface area contributed by atoms with Crippen molar-refractivity contribution in [1.82, 2.24) is 20.0 Å². The number of H-pyrrole nitrogens is 1. The molecule has 2 fully saturated rings. The molecule has 3 rings (SSSR count). The van der Waals surface area contributed by atoms with Crippen molar-refractivity contribution in [2.24, 2.45) is 5.41 Å². The summed E-state index contributed by atoms with van der Waals surface area (Å²) in [6.45, 7) is 2.01. The SMILES string of the molecule is CN1CC2(CCN(C(=O)c3[nH]ncc3Cl)CC2)C[C@@H]1C(=O)O. The maximum Gasteiger partial charge on any atom is 0.320 e. The molecule has 1 amide bonds. The molecule has 0 radical (unpaired) electrons. The zero-order valence-corrected chi connectivity index (χ0v) is 13.1. The van der Waals surface area contributed by atoms with Gasteiger partial charge in [-0.3, -0.25) is 19.6 Å². The Balaban J connectivity index is 1.65. The lowest BCUT2D eigenvalue weighted by Crippen LogP contribution is -2.44. The smallest absolute Gasteiger partial charge is 0.320 e. The Hall–Kier alpha value is -1.60. The molecule has 1 aromatic rings. The molecule has 0 aliphatic carbocycles. The Morgan fingerprint density at radius 3 is 2.64 bits per heavy atom. The number of carboxylic acid groups (broad SMARTS) is 1. The van der Waals surface area contributed by atoms with Crippen LogP contribution in [0.4, 0.5) is 0 Å². The van der Waals surface area contributed by atoms with Crippen molar-refractivity contribution in [3.8, 4) is 0 Å². The Kier molecular flexibility index (Phi) is 3.86. The third-order valence-electron chi connectivity index (χ3n) is 4.95. The van der Waals surface area contributed by atoms with Gasteiger partial charge in [0.1, 0.15) is 11.7 Å². The Morgan fingerprint density at radius 1 is 1.45 bits per heavy atom. The summed E-state index contributed by atoms with van der Waals surface area (Å²) in [7, 11) is 1.86. The third-order valence-corrected chi connectivity index (χ3v) is 5.23. The number of rotatable bonds is 2. The van der Waals surface area contributed by atoms with Crippen LogP contribution in [0.5, 0.6) is 0 Å². The van der Waals surface area contributed by atoms with E-state index in [4.69, 9.17) is 11.6 Å². The summed E-state index contributed by atoms with van der Waals surface area (Å²) in [5, 5.41) is 16.0. The van der Waals surface area contributed by atoms with E-state index in [0.29, 0.717) is 30.2 Å². The number of piperidine rings is 1. The fraction of sp³-hybridized carbons (Fsp3) is 0.643. The van der Waals surface area contributed by atoms with Gasteiger partial charge < -0.3 is 10.0 Å². The number of carbonyl (C=O) groups excluding carboxylic acids is 1. The van der Waals surface area contributed by atoms with Crippen molar-refractivity contribution in [2.45, 2.75) is 25.3 Å². The highest BCUT2D eigenvalue weighted by atomic mass is 35.5. The molecule has 22 heavy (non-hydrogen) atoms. The number of amides is 1. The summed E-state index contributed by atoms with van der Waals surface area (Å²) in [5.41, 5.74) is 0.330. The van der Waals surface area contributed by atoms with Gasteiger partial charge in [0, 0.05) is 19.6 Å². The number of halogens is 1. The van der Waals surface area contributed by atoms with E-state index in [1.54, 1.807) is 4.90 Å².